The quantitative estimate of drug-likeness (QED) is 0.457. The summed E-state index contributed by atoms with van der Waals surface area (Å²) in [6.45, 7) is -0.497. The Bertz CT molecular complexity index is 1310. The number of ether oxygens (including phenoxy) is 1. The molecule has 11 heteroatoms. The Labute approximate surface area is 199 Å². The van der Waals surface area contributed by atoms with Crippen LogP contribution < -0.4 is 9.64 Å². The number of hydrogen-bond donors (Lipinski definition) is 0. The summed E-state index contributed by atoms with van der Waals surface area (Å²) < 4.78 is 71.3. The summed E-state index contributed by atoms with van der Waals surface area (Å²) >= 11 is 5.86. The zero-order chi connectivity index (χ0) is 24.7. The molecule has 6 nitrogen and oxygen atoms in total. The average Bonchev–Trinajstić information content (AvgIpc) is 3.13. The first kappa shape index (κ1) is 24.1. The van der Waals surface area contributed by atoms with E-state index in [-0.39, 0.29) is 5.56 Å². The Morgan fingerprint density at radius 1 is 0.971 bits per heavy atom. The lowest BCUT2D eigenvalue weighted by Gasteiger charge is -2.29. The molecule has 1 unspecified atom stereocenters. The normalized spacial score (nSPS) is 17.3. The second-order valence-electron chi connectivity index (χ2n) is 7.62. The molecule has 0 saturated carbocycles. The molecule has 1 heterocycles. The van der Waals surface area contributed by atoms with Gasteiger partial charge in [0.15, 0.2) is 0 Å². The maximum Gasteiger partial charge on any atom is 0.416 e. The molecule has 178 valence electrons. The first-order chi connectivity index (χ1) is 15.9. The highest BCUT2D eigenvalue weighted by molar-refractivity contribution is 7.88. The smallest absolute Gasteiger partial charge is 0.416 e. The minimum Gasteiger partial charge on any atom is -0.457 e. The van der Waals surface area contributed by atoms with Gasteiger partial charge in [-0.1, -0.05) is 23.7 Å². The van der Waals surface area contributed by atoms with Crippen molar-refractivity contribution in [1.29, 1.82) is 0 Å². The first-order valence-corrected chi connectivity index (χ1v) is 12.2. The van der Waals surface area contributed by atoms with Gasteiger partial charge in [-0.05, 0) is 66.2 Å². The molecule has 1 saturated heterocycles. The Morgan fingerprint density at radius 3 is 2.12 bits per heavy atom. The standard InChI is InChI=1S/C23H18ClF3N2O4S/c1-34(31,32)28-14-21(30)29(22(28)15-3-2-4-16(13-15)23(25,26)27)18-7-11-20(12-8-18)33-19-9-5-17(24)6-10-19/h2-13,22H,14H2,1H3. The van der Waals surface area contributed by atoms with Crippen LogP contribution in [0.3, 0.4) is 0 Å². The van der Waals surface area contributed by atoms with E-state index in [1.807, 2.05) is 0 Å². The summed E-state index contributed by atoms with van der Waals surface area (Å²) in [5.74, 6) is 0.395. The lowest BCUT2D eigenvalue weighted by molar-refractivity contribution is -0.137. The predicted molar refractivity (Wildman–Crippen MR) is 121 cm³/mol. The van der Waals surface area contributed by atoms with Crippen LogP contribution >= 0.6 is 11.6 Å². The average molecular weight is 511 g/mol. The number of halogens is 4. The van der Waals surface area contributed by atoms with E-state index in [0.29, 0.717) is 22.2 Å². The van der Waals surface area contributed by atoms with Crippen LogP contribution in [0, 0.1) is 0 Å². The van der Waals surface area contributed by atoms with Crippen molar-refractivity contribution in [2.24, 2.45) is 0 Å². The van der Waals surface area contributed by atoms with Crippen molar-refractivity contribution in [3.8, 4) is 11.5 Å². The Hall–Kier alpha value is -3.08. The van der Waals surface area contributed by atoms with Crippen LogP contribution in [0.2, 0.25) is 5.02 Å². The summed E-state index contributed by atoms with van der Waals surface area (Å²) in [5.41, 5.74) is -0.612. The largest absolute Gasteiger partial charge is 0.457 e. The molecule has 0 N–H and O–H groups in total. The Balaban J connectivity index is 1.70. The van der Waals surface area contributed by atoms with Gasteiger partial charge in [0.1, 0.15) is 17.7 Å². The van der Waals surface area contributed by atoms with E-state index in [1.54, 1.807) is 36.4 Å². The molecule has 0 aliphatic carbocycles. The van der Waals surface area contributed by atoms with Gasteiger partial charge >= 0.3 is 6.18 Å². The molecule has 3 aromatic rings. The van der Waals surface area contributed by atoms with Crippen molar-refractivity contribution in [3.05, 3.63) is 88.9 Å². The number of hydrogen-bond acceptors (Lipinski definition) is 4. The number of benzene rings is 3. The molecule has 1 atom stereocenters. The van der Waals surface area contributed by atoms with Crippen LogP contribution in [0.15, 0.2) is 72.8 Å². The molecule has 0 aromatic heterocycles. The van der Waals surface area contributed by atoms with Gasteiger partial charge < -0.3 is 4.74 Å². The van der Waals surface area contributed by atoms with Gasteiger partial charge in [-0.2, -0.15) is 17.5 Å². The fraction of sp³-hybridized carbons (Fsp3) is 0.174. The number of amides is 1. The highest BCUT2D eigenvalue weighted by Crippen LogP contribution is 2.39. The third-order valence-electron chi connectivity index (χ3n) is 5.18. The van der Waals surface area contributed by atoms with Crippen molar-refractivity contribution in [2.45, 2.75) is 12.3 Å². The topological polar surface area (TPSA) is 66.9 Å². The highest BCUT2D eigenvalue weighted by atomic mass is 35.5. The summed E-state index contributed by atoms with van der Waals surface area (Å²) in [5, 5.41) is 0.548. The highest BCUT2D eigenvalue weighted by Gasteiger charge is 2.45. The summed E-state index contributed by atoms with van der Waals surface area (Å²) in [6.07, 6.45) is -4.99. The van der Waals surface area contributed by atoms with Crippen LogP contribution in [0.1, 0.15) is 17.3 Å². The molecule has 4 rings (SSSR count). The van der Waals surface area contributed by atoms with Gasteiger partial charge in [0.2, 0.25) is 15.9 Å². The number of sulfonamides is 1. The summed E-state index contributed by atoms with van der Waals surface area (Å²) in [7, 11) is -3.92. The van der Waals surface area contributed by atoms with Gasteiger partial charge in [-0.25, -0.2) is 8.42 Å². The molecule has 0 radical (unpaired) electrons. The maximum absolute atomic E-state index is 13.3. The van der Waals surface area contributed by atoms with Gasteiger partial charge in [0.25, 0.3) is 0 Å². The van der Waals surface area contributed by atoms with Crippen molar-refractivity contribution in [2.75, 3.05) is 17.7 Å². The molecule has 3 aromatic carbocycles. The Kier molecular flexibility index (Phi) is 6.32. The van der Waals surface area contributed by atoms with Crippen LogP contribution in [-0.4, -0.2) is 31.4 Å². The Morgan fingerprint density at radius 2 is 1.56 bits per heavy atom. The van der Waals surface area contributed by atoms with E-state index in [2.05, 4.69) is 0 Å². The fourth-order valence-electron chi connectivity index (χ4n) is 3.65. The van der Waals surface area contributed by atoms with E-state index in [0.717, 1.165) is 22.7 Å². The van der Waals surface area contributed by atoms with Gasteiger partial charge in [0.05, 0.1) is 18.4 Å². The fourth-order valence-corrected chi connectivity index (χ4v) is 4.70. The SMILES string of the molecule is CS(=O)(=O)N1CC(=O)N(c2ccc(Oc3ccc(Cl)cc3)cc2)C1c1cccc(C(F)(F)F)c1. The number of carbonyl (C=O) groups is 1. The van der Waals surface area contributed by atoms with Gasteiger partial charge in [-0.15, -0.1) is 0 Å². The monoisotopic (exact) mass is 510 g/mol. The number of nitrogens with zero attached hydrogens (tertiary/aromatic N) is 2. The minimum absolute atomic E-state index is 0.0209. The minimum atomic E-state index is -4.62. The third-order valence-corrected chi connectivity index (χ3v) is 6.61. The first-order valence-electron chi connectivity index (χ1n) is 9.93. The lowest BCUT2D eigenvalue weighted by atomic mass is 10.1. The molecule has 1 amide bonds. The van der Waals surface area contributed by atoms with E-state index < -0.39 is 40.4 Å². The molecular weight excluding hydrogens is 493 g/mol. The van der Waals surface area contributed by atoms with Crippen LogP contribution in [0.25, 0.3) is 0 Å². The van der Waals surface area contributed by atoms with Crippen molar-refractivity contribution < 1.29 is 31.1 Å². The van der Waals surface area contributed by atoms with Crippen LogP contribution in [-0.2, 0) is 21.0 Å². The molecule has 1 aliphatic rings. The van der Waals surface area contributed by atoms with E-state index in [1.165, 1.54) is 29.2 Å². The summed E-state index contributed by atoms with van der Waals surface area (Å²) in [6, 6.07) is 17.2. The molecule has 34 heavy (non-hydrogen) atoms. The number of alkyl halides is 3. The molecule has 0 bridgehead atoms. The second-order valence-corrected chi connectivity index (χ2v) is 9.99. The summed E-state index contributed by atoms with van der Waals surface area (Å²) in [4.78, 5) is 14.0. The molecule has 1 fully saturated rings. The van der Waals surface area contributed by atoms with E-state index in [9.17, 15) is 26.4 Å². The zero-order valence-corrected chi connectivity index (χ0v) is 19.2. The van der Waals surface area contributed by atoms with Crippen LogP contribution in [0.4, 0.5) is 18.9 Å². The van der Waals surface area contributed by atoms with Gasteiger partial charge in [0, 0.05) is 10.7 Å². The predicted octanol–water partition coefficient (Wildman–Crippen LogP) is 5.46. The molecule has 0 spiro atoms. The molecule has 1 aliphatic heterocycles. The van der Waals surface area contributed by atoms with Gasteiger partial charge in [-0.3, -0.25) is 9.69 Å². The van der Waals surface area contributed by atoms with Crippen molar-refractivity contribution >= 4 is 33.2 Å². The van der Waals surface area contributed by atoms with E-state index >= 15 is 0 Å². The number of carbonyl (C=O) groups excluding carboxylic acids is 1. The second kappa shape index (κ2) is 8.94. The lowest BCUT2D eigenvalue weighted by Crippen LogP contribution is -2.35. The third kappa shape index (κ3) is 5.03. The maximum atomic E-state index is 13.3. The van der Waals surface area contributed by atoms with E-state index in [4.69, 9.17) is 16.3 Å². The zero-order valence-electron chi connectivity index (χ0n) is 17.7. The number of rotatable bonds is 5. The number of anilines is 1. The van der Waals surface area contributed by atoms with Crippen LogP contribution in [0.5, 0.6) is 11.5 Å². The van der Waals surface area contributed by atoms with Crippen molar-refractivity contribution in [3.63, 3.8) is 0 Å². The van der Waals surface area contributed by atoms with Crippen molar-refractivity contribution in [1.82, 2.24) is 4.31 Å². The molecular formula is C23H18ClF3N2O4S.